The van der Waals surface area contributed by atoms with Crippen LogP contribution in [0.4, 0.5) is 0 Å². The summed E-state index contributed by atoms with van der Waals surface area (Å²) in [6.45, 7) is 8.14. The van der Waals surface area contributed by atoms with Crippen molar-refractivity contribution in [2.45, 2.75) is 46.7 Å². The van der Waals surface area contributed by atoms with Gasteiger partial charge in [-0.2, -0.15) is 0 Å². The van der Waals surface area contributed by atoms with E-state index in [-0.39, 0.29) is 18.4 Å². The molecule has 0 fully saturated rings. The van der Waals surface area contributed by atoms with Crippen LogP contribution >= 0.6 is 22.7 Å². The molecule has 1 atom stereocenters. The highest BCUT2D eigenvalue weighted by Gasteiger charge is 2.23. The molecule has 32 heavy (non-hydrogen) atoms. The molecule has 4 nitrogen and oxygen atoms in total. The van der Waals surface area contributed by atoms with Crippen LogP contribution in [-0.4, -0.2) is 34.7 Å². The summed E-state index contributed by atoms with van der Waals surface area (Å²) in [7, 11) is 0. The van der Waals surface area contributed by atoms with Crippen molar-refractivity contribution >= 4 is 34.5 Å². The number of carbonyl (C=O) groups is 2. The van der Waals surface area contributed by atoms with Gasteiger partial charge in [0.15, 0.2) is 0 Å². The Kier molecular flexibility index (Phi) is 9.06. The summed E-state index contributed by atoms with van der Waals surface area (Å²) in [6.07, 6.45) is 1.32. The fraction of sp³-hybridized carbons (Fsp3) is 0.385. The highest BCUT2D eigenvalue weighted by atomic mass is 32.1. The molecule has 0 radical (unpaired) electrons. The van der Waals surface area contributed by atoms with E-state index >= 15 is 0 Å². The first-order chi connectivity index (χ1) is 15.4. The van der Waals surface area contributed by atoms with Crippen LogP contribution in [0.25, 0.3) is 0 Å². The zero-order valence-electron chi connectivity index (χ0n) is 19.1. The second-order valence-corrected chi connectivity index (χ2v) is 10.7. The van der Waals surface area contributed by atoms with Crippen LogP contribution in [-0.2, 0) is 29.1 Å². The lowest BCUT2D eigenvalue weighted by atomic mass is 10.1. The summed E-state index contributed by atoms with van der Waals surface area (Å²) in [5.41, 5.74) is 1.09. The van der Waals surface area contributed by atoms with Gasteiger partial charge >= 0.3 is 0 Å². The predicted octanol–water partition coefficient (Wildman–Crippen LogP) is 5.76. The maximum absolute atomic E-state index is 13.5. The van der Waals surface area contributed by atoms with Gasteiger partial charge in [-0.3, -0.25) is 9.59 Å². The number of carbonyl (C=O) groups excluding carboxylic acids is 2. The van der Waals surface area contributed by atoms with Crippen molar-refractivity contribution in [2.75, 3.05) is 13.1 Å². The molecule has 0 N–H and O–H groups in total. The molecular formula is C26H32N2O2S2. The molecule has 0 aliphatic heterocycles. The second kappa shape index (κ2) is 12.0. The molecule has 0 aliphatic carbocycles. The fourth-order valence-electron chi connectivity index (χ4n) is 3.49. The Morgan fingerprint density at radius 1 is 0.906 bits per heavy atom. The predicted molar refractivity (Wildman–Crippen MR) is 134 cm³/mol. The highest BCUT2D eigenvalue weighted by molar-refractivity contribution is 7.11. The van der Waals surface area contributed by atoms with Crippen LogP contribution in [0.3, 0.4) is 0 Å². The second-order valence-electron chi connectivity index (χ2n) is 8.29. The molecule has 3 aromatic rings. The van der Waals surface area contributed by atoms with Crippen LogP contribution < -0.4 is 0 Å². The third kappa shape index (κ3) is 7.31. The van der Waals surface area contributed by atoms with Gasteiger partial charge in [0.25, 0.3) is 0 Å². The smallest absolute Gasteiger partial charge is 0.242 e. The van der Waals surface area contributed by atoms with Crippen molar-refractivity contribution < 1.29 is 9.59 Å². The lowest BCUT2D eigenvalue weighted by Gasteiger charge is -2.29. The molecule has 0 spiro atoms. The number of rotatable bonds is 11. The molecule has 1 unspecified atom stereocenters. The van der Waals surface area contributed by atoms with Gasteiger partial charge in [0.2, 0.25) is 11.8 Å². The Bertz CT molecular complexity index is 982. The van der Waals surface area contributed by atoms with Crippen LogP contribution in [0, 0.1) is 12.8 Å². The van der Waals surface area contributed by atoms with Crippen LogP contribution in [0.5, 0.6) is 0 Å². The number of amides is 2. The minimum atomic E-state index is -0.0114. The lowest BCUT2D eigenvalue weighted by Crippen LogP contribution is -2.44. The molecule has 2 aromatic heterocycles. The van der Waals surface area contributed by atoms with Gasteiger partial charge in [-0.25, -0.2) is 0 Å². The standard InChI is InChI=1S/C26H32N2O2S2/c1-4-20(2)16-27(25(29)15-23-11-8-14-31-23)19-26(30)28(17-22-9-6-5-7-10-22)18-24-13-12-21(3)32-24/h5-14,20H,4,15-19H2,1-3H3. The SMILES string of the molecule is CCC(C)CN(CC(=O)N(Cc1ccccc1)Cc1ccc(C)s1)C(=O)Cc1cccs1. The van der Waals surface area contributed by atoms with Crippen molar-refractivity contribution in [3.05, 3.63) is 80.2 Å². The fourth-order valence-corrected chi connectivity index (χ4v) is 5.09. The van der Waals surface area contributed by atoms with E-state index in [1.165, 1.54) is 4.88 Å². The van der Waals surface area contributed by atoms with E-state index in [2.05, 4.69) is 32.9 Å². The molecule has 0 aliphatic rings. The van der Waals surface area contributed by atoms with Crippen molar-refractivity contribution in [1.29, 1.82) is 0 Å². The molecule has 6 heteroatoms. The summed E-state index contributed by atoms with van der Waals surface area (Å²) >= 11 is 3.30. The summed E-state index contributed by atoms with van der Waals surface area (Å²) in [4.78, 5) is 33.6. The van der Waals surface area contributed by atoms with E-state index in [0.29, 0.717) is 32.0 Å². The maximum Gasteiger partial charge on any atom is 0.242 e. The van der Waals surface area contributed by atoms with Crippen molar-refractivity contribution in [3.63, 3.8) is 0 Å². The largest absolute Gasteiger partial charge is 0.333 e. The first kappa shape index (κ1) is 24.2. The van der Waals surface area contributed by atoms with Gasteiger partial charge in [0, 0.05) is 27.7 Å². The minimum Gasteiger partial charge on any atom is -0.333 e. The quantitative estimate of drug-likeness (QED) is 0.359. The van der Waals surface area contributed by atoms with Gasteiger partial charge in [0.05, 0.1) is 19.5 Å². The summed E-state index contributed by atoms with van der Waals surface area (Å²) in [5.74, 6) is 0.355. The molecule has 3 rings (SSSR count). The van der Waals surface area contributed by atoms with Gasteiger partial charge < -0.3 is 9.80 Å². The topological polar surface area (TPSA) is 40.6 Å². The normalized spacial score (nSPS) is 11.8. The van der Waals surface area contributed by atoms with Crippen LogP contribution in [0.15, 0.2) is 60.0 Å². The molecule has 0 bridgehead atoms. The Morgan fingerprint density at radius 2 is 1.69 bits per heavy atom. The van der Waals surface area contributed by atoms with Gasteiger partial charge in [-0.05, 0) is 42.0 Å². The Balaban J connectivity index is 1.76. The first-order valence-electron chi connectivity index (χ1n) is 11.1. The van der Waals surface area contributed by atoms with E-state index in [1.807, 2.05) is 52.7 Å². The average molecular weight is 469 g/mol. The molecule has 1 aromatic carbocycles. The minimum absolute atomic E-state index is 0.0114. The number of hydrogen-bond donors (Lipinski definition) is 0. The number of hydrogen-bond acceptors (Lipinski definition) is 4. The Labute approximate surface area is 199 Å². The first-order valence-corrected chi connectivity index (χ1v) is 12.8. The van der Waals surface area contributed by atoms with E-state index in [0.717, 1.165) is 21.7 Å². The Morgan fingerprint density at radius 3 is 2.31 bits per heavy atom. The van der Waals surface area contributed by atoms with Crippen molar-refractivity contribution in [3.8, 4) is 0 Å². The van der Waals surface area contributed by atoms with Crippen LogP contribution in [0.1, 0.15) is 40.5 Å². The van der Waals surface area contributed by atoms with Gasteiger partial charge in [0.1, 0.15) is 0 Å². The summed E-state index contributed by atoms with van der Waals surface area (Å²) < 4.78 is 0. The molecule has 2 amide bonds. The van der Waals surface area contributed by atoms with Gasteiger partial charge in [-0.1, -0.05) is 56.7 Å². The lowest BCUT2D eigenvalue weighted by molar-refractivity contribution is -0.141. The summed E-state index contributed by atoms with van der Waals surface area (Å²) in [5, 5.41) is 1.98. The maximum atomic E-state index is 13.5. The van der Waals surface area contributed by atoms with Gasteiger partial charge in [-0.15, -0.1) is 22.7 Å². The zero-order chi connectivity index (χ0) is 22.9. The van der Waals surface area contributed by atoms with E-state index in [9.17, 15) is 9.59 Å². The Hall–Kier alpha value is -2.44. The molecule has 0 saturated heterocycles. The molecular weight excluding hydrogens is 436 g/mol. The van der Waals surface area contributed by atoms with E-state index in [1.54, 1.807) is 27.6 Å². The monoisotopic (exact) mass is 468 g/mol. The van der Waals surface area contributed by atoms with Crippen molar-refractivity contribution in [1.82, 2.24) is 9.80 Å². The third-order valence-corrected chi connectivity index (χ3v) is 7.39. The molecule has 0 saturated carbocycles. The average Bonchev–Trinajstić information content (AvgIpc) is 3.44. The number of benzene rings is 1. The number of nitrogens with zero attached hydrogens (tertiary/aromatic N) is 2. The van der Waals surface area contributed by atoms with Crippen LogP contribution in [0.2, 0.25) is 0 Å². The van der Waals surface area contributed by atoms with Crippen molar-refractivity contribution in [2.24, 2.45) is 5.92 Å². The molecule has 2 heterocycles. The van der Waals surface area contributed by atoms with E-state index < -0.39 is 0 Å². The molecule has 170 valence electrons. The zero-order valence-corrected chi connectivity index (χ0v) is 20.8. The summed E-state index contributed by atoms with van der Waals surface area (Å²) in [6, 6.07) is 18.2. The number of aryl methyl sites for hydroxylation is 1. The number of thiophene rings is 2. The highest BCUT2D eigenvalue weighted by Crippen LogP contribution is 2.19. The van der Waals surface area contributed by atoms with E-state index in [4.69, 9.17) is 0 Å². The third-order valence-electron chi connectivity index (χ3n) is 5.53.